The fourth-order valence-corrected chi connectivity index (χ4v) is 4.23. The van der Waals surface area contributed by atoms with Crippen molar-refractivity contribution in [3.63, 3.8) is 0 Å². The highest BCUT2D eigenvalue weighted by atomic mass is 32.2. The number of nitrogens with two attached hydrogens (primary N) is 1. The lowest BCUT2D eigenvalue weighted by atomic mass is 9.92. The third-order valence-corrected chi connectivity index (χ3v) is 5.96. The molecule has 6 nitrogen and oxygen atoms in total. The van der Waals surface area contributed by atoms with Gasteiger partial charge in [0.25, 0.3) is 0 Å². The Hall–Kier alpha value is -1.48. The van der Waals surface area contributed by atoms with E-state index in [1.807, 2.05) is 18.2 Å². The molecule has 24 heavy (non-hydrogen) atoms. The van der Waals surface area contributed by atoms with Crippen molar-refractivity contribution in [3.05, 3.63) is 35.9 Å². The maximum absolute atomic E-state index is 12.3. The maximum Gasteiger partial charge on any atom is 0.243 e. The van der Waals surface area contributed by atoms with Crippen molar-refractivity contribution in [2.24, 2.45) is 11.7 Å². The summed E-state index contributed by atoms with van der Waals surface area (Å²) in [4.78, 5) is 12.3. The Kier molecular flexibility index (Phi) is 6.19. The van der Waals surface area contributed by atoms with E-state index in [1.54, 1.807) is 11.8 Å². The average Bonchev–Trinajstić information content (AvgIpc) is 3.08. The van der Waals surface area contributed by atoms with Gasteiger partial charge in [0.1, 0.15) is 0 Å². The Bertz CT molecular complexity index is 659. The molecule has 1 atom stereocenters. The Balaban J connectivity index is 1.50. The summed E-state index contributed by atoms with van der Waals surface area (Å²) in [5.74, 6) is 0.793. The Morgan fingerprint density at radius 3 is 2.83 bits per heavy atom. The zero-order chi connectivity index (χ0) is 16.8. The molecule has 2 aromatic rings. The van der Waals surface area contributed by atoms with Crippen LogP contribution in [0.4, 0.5) is 5.13 Å². The zero-order valence-corrected chi connectivity index (χ0v) is 14.8. The summed E-state index contributed by atoms with van der Waals surface area (Å²) < 4.78 is 6.13. The number of aromatic nitrogens is 2. The van der Waals surface area contributed by atoms with Crippen LogP contribution < -0.4 is 11.1 Å². The van der Waals surface area contributed by atoms with Crippen molar-refractivity contribution >= 4 is 34.1 Å². The van der Waals surface area contributed by atoms with Crippen molar-refractivity contribution < 1.29 is 9.53 Å². The first kappa shape index (κ1) is 17.3. The molecule has 8 heteroatoms. The number of hydrogen-bond donors (Lipinski definition) is 2. The number of nitrogens with zero attached hydrogens (tertiary/aromatic N) is 2. The van der Waals surface area contributed by atoms with Gasteiger partial charge in [-0.25, -0.2) is 0 Å². The molecule has 2 heterocycles. The van der Waals surface area contributed by atoms with Crippen LogP contribution in [-0.4, -0.2) is 35.4 Å². The predicted molar refractivity (Wildman–Crippen MR) is 96.1 cm³/mol. The largest absolute Gasteiger partial charge is 0.381 e. The number of anilines is 1. The van der Waals surface area contributed by atoms with Crippen molar-refractivity contribution in [1.29, 1.82) is 0 Å². The fraction of sp³-hybridized carbons (Fsp3) is 0.438. The number of carbonyl (C=O) groups excluding carboxylic acids is 1. The predicted octanol–water partition coefficient (Wildman–Crippen LogP) is 2.52. The molecule has 128 valence electrons. The first-order chi connectivity index (χ1) is 11.7. The lowest BCUT2D eigenvalue weighted by Crippen LogP contribution is -2.43. The number of nitrogens with one attached hydrogen (secondary N) is 1. The van der Waals surface area contributed by atoms with Gasteiger partial charge in [0.2, 0.25) is 11.0 Å². The summed E-state index contributed by atoms with van der Waals surface area (Å²) in [6, 6.07) is 9.64. The number of hydrogen-bond acceptors (Lipinski definition) is 7. The minimum Gasteiger partial charge on any atom is -0.381 e. The normalized spacial score (nSPS) is 16.7. The summed E-state index contributed by atoms with van der Waals surface area (Å²) in [6.07, 6.45) is 1.64. The van der Waals surface area contributed by atoms with Gasteiger partial charge in [-0.3, -0.25) is 10.1 Å². The zero-order valence-electron chi connectivity index (χ0n) is 13.2. The van der Waals surface area contributed by atoms with E-state index in [4.69, 9.17) is 10.5 Å². The molecule has 3 N–H and O–H groups in total. The van der Waals surface area contributed by atoms with Gasteiger partial charge in [-0.1, -0.05) is 53.4 Å². The van der Waals surface area contributed by atoms with Crippen LogP contribution in [0.3, 0.4) is 0 Å². The van der Waals surface area contributed by atoms with Crippen molar-refractivity contribution in [1.82, 2.24) is 10.2 Å². The highest BCUT2D eigenvalue weighted by molar-refractivity contribution is 8.00. The van der Waals surface area contributed by atoms with Crippen LogP contribution in [-0.2, 0) is 15.3 Å². The molecule has 0 aliphatic carbocycles. The Morgan fingerprint density at radius 2 is 2.08 bits per heavy atom. The average molecular weight is 364 g/mol. The van der Waals surface area contributed by atoms with Gasteiger partial charge in [-0.05, 0) is 24.3 Å². The van der Waals surface area contributed by atoms with E-state index in [2.05, 4.69) is 27.6 Å². The van der Waals surface area contributed by atoms with Crippen LogP contribution in [0.1, 0.15) is 18.4 Å². The van der Waals surface area contributed by atoms with Gasteiger partial charge in [0, 0.05) is 19.0 Å². The molecule has 1 saturated heterocycles. The molecule has 3 rings (SSSR count). The van der Waals surface area contributed by atoms with E-state index >= 15 is 0 Å². The minimum atomic E-state index is -0.529. The van der Waals surface area contributed by atoms with Crippen molar-refractivity contribution in [2.75, 3.05) is 18.5 Å². The molecule has 1 aromatic heterocycles. The SMILES string of the molecule is NC(C(=O)Nc1nnc(SCc2ccccc2)s1)C1CCOCC1. The Morgan fingerprint density at radius 1 is 1.33 bits per heavy atom. The van der Waals surface area contributed by atoms with Gasteiger partial charge in [-0.15, -0.1) is 10.2 Å². The monoisotopic (exact) mass is 364 g/mol. The van der Waals surface area contributed by atoms with E-state index in [-0.39, 0.29) is 11.8 Å². The lowest BCUT2D eigenvalue weighted by Gasteiger charge is -2.26. The molecule has 0 saturated carbocycles. The van der Waals surface area contributed by atoms with Gasteiger partial charge in [0.05, 0.1) is 6.04 Å². The van der Waals surface area contributed by atoms with E-state index in [1.165, 1.54) is 16.9 Å². The van der Waals surface area contributed by atoms with Gasteiger partial charge < -0.3 is 10.5 Å². The molecule has 1 aromatic carbocycles. The highest BCUT2D eigenvalue weighted by Crippen LogP contribution is 2.28. The first-order valence-electron chi connectivity index (χ1n) is 7.87. The number of carbonyl (C=O) groups is 1. The quantitative estimate of drug-likeness (QED) is 0.605. The number of benzene rings is 1. The molecule has 0 radical (unpaired) electrons. The summed E-state index contributed by atoms with van der Waals surface area (Å²) in [6.45, 7) is 1.34. The standard InChI is InChI=1S/C16H20N4O2S2/c17-13(12-6-8-22-9-7-12)14(21)18-15-19-20-16(24-15)23-10-11-4-2-1-3-5-11/h1-5,12-13H,6-10,17H2,(H,18,19,21). The van der Waals surface area contributed by atoms with Gasteiger partial charge >= 0.3 is 0 Å². The smallest absolute Gasteiger partial charge is 0.243 e. The van der Waals surface area contributed by atoms with Crippen molar-refractivity contribution in [3.8, 4) is 0 Å². The second kappa shape index (κ2) is 8.57. The molecule has 1 unspecified atom stereocenters. The van der Waals surface area contributed by atoms with E-state index in [0.717, 1.165) is 22.9 Å². The van der Waals surface area contributed by atoms with Crippen LogP contribution >= 0.6 is 23.1 Å². The second-order valence-electron chi connectivity index (χ2n) is 5.61. The molecular weight excluding hydrogens is 344 g/mol. The summed E-state index contributed by atoms with van der Waals surface area (Å²) in [5, 5.41) is 11.4. The molecule has 1 aliphatic rings. The second-order valence-corrected chi connectivity index (χ2v) is 7.81. The Labute approximate surface area is 149 Å². The van der Waals surface area contributed by atoms with Crippen LogP contribution in [0.5, 0.6) is 0 Å². The van der Waals surface area contributed by atoms with Crippen LogP contribution in [0, 0.1) is 5.92 Å². The van der Waals surface area contributed by atoms with Crippen molar-refractivity contribution in [2.45, 2.75) is 29.0 Å². The number of rotatable bonds is 6. The van der Waals surface area contributed by atoms with E-state index in [0.29, 0.717) is 18.3 Å². The van der Waals surface area contributed by atoms with Crippen LogP contribution in [0.15, 0.2) is 34.7 Å². The van der Waals surface area contributed by atoms with Crippen LogP contribution in [0.2, 0.25) is 0 Å². The highest BCUT2D eigenvalue weighted by Gasteiger charge is 2.27. The third-order valence-electron chi connectivity index (χ3n) is 3.92. The van der Waals surface area contributed by atoms with Gasteiger partial charge in [0.15, 0.2) is 4.34 Å². The number of ether oxygens (including phenoxy) is 1. The summed E-state index contributed by atoms with van der Waals surface area (Å²) in [7, 11) is 0. The van der Waals surface area contributed by atoms with Gasteiger partial charge in [-0.2, -0.15) is 0 Å². The summed E-state index contributed by atoms with van der Waals surface area (Å²) in [5.41, 5.74) is 7.29. The number of amides is 1. The van der Waals surface area contributed by atoms with E-state index < -0.39 is 6.04 Å². The third kappa shape index (κ3) is 4.76. The minimum absolute atomic E-state index is 0.165. The van der Waals surface area contributed by atoms with Crippen LogP contribution in [0.25, 0.3) is 0 Å². The van der Waals surface area contributed by atoms with E-state index in [9.17, 15) is 4.79 Å². The number of thioether (sulfide) groups is 1. The lowest BCUT2D eigenvalue weighted by molar-refractivity contribution is -0.119. The molecule has 1 aliphatic heterocycles. The fourth-order valence-electron chi connectivity index (χ4n) is 2.52. The first-order valence-corrected chi connectivity index (χ1v) is 9.67. The topological polar surface area (TPSA) is 90.1 Å². The molecule has 1 amide bonds. The summed E-state index contributed by atoms with van der Waals surface area (Å²) >= 11 is 2.98. The molecule has 0 spiro atoms. The molecule has 1 fully saturated rings. The maximum atomic E-state index is 12.3. The molecular formula is C16H20N4O2S2. The molecule has 0 bridgehead atoms.